The molecule has 7 N–H and O–H groups in total. The Morgan fingerprint density at radius 1 is 0.800 bits per heavy atom. The number of hydrogen-bond acceptors (Lipinski definition) is 3. The molecule has 12 heteroatoms. The molecule has 0 radical (unpaired) electrons. The molecule has 0 bridgehead atoms. The van der Waals surface area contributed by atoms with Gasteiger partial charge in [0, 0.05) is 6.92 Å². The second-order valence-corrected chi connectivity index (χ2v) is 7.95. The molecule has 0 fully saturated rings. The van der Waals surface area contributed by atoms with Crippen LogP contribution in [-0.2, 0) is 28.4 Å². The second kappa shape index (κ2) is 21.8. The standard InChI is InChI=1S/2C3H8.C2H4O2.2H3O3PS/c2*1-3-2;1-2(3)4;2*1-4(2,3)5/h2*3H2,1-2H3;1H3,(H,3,4);2*(H3,1,2,3,5). The summed E-state index contributed by atoms with van der Waals surface area (Å²) in [6.07, 6.45) is 2.50. The molecule has 0 aromatic rings. The van der Waals surface area contributed by atoms with E-state index in [2.05, 4.69) is 51.3 Å². The highest BCUT2D eigenvalue weighted by atomic mass is 32.5. The van der Waals surface area contributed by atoms with Crippen LogP contribution < -0.4 is 0 Å². The number of aliphatic carboxylic acids is 1. The van der Waals surface area contributed by atoms with E-state index >= 15 is 0 Å². The van der Waals surface area contributed by atoms with Gasteiger partial charge in [0.05, 0.1) is 0 Å². The zero-order chi connectivity index (χ0) is 18.0. The van der Waals surface area contributed by atoms with Gasteiger partial charge >= 0.3 is 13.4 Å². The van der Waals surface area contributed by atoms with E-state index in [0.29, 0.717) is 0 Å². The minimum Gasteiger partial charge on any atom is -0.481 e. The van der Waals surface area contributed by atoms with Gasteiger partial charge in [0.15, 0.2) is 0 Å². The number of carboxylic acids is 1. The Kier molecular flexibility index (Phi) is 35.4. The molecular formula is C8H26O8P2S2. The average Bonchev–Trinajstić information content (AvgIpc) is 1.96. The Morgan fingerprint density at radius 2 is 0.800 bits per heavy atom. The summed E-state index contributed by atoms with van der Waals surface area (Å²) < 4.78 is 0. The summed E-state index contributed by atoms with van der Waals surface area (Å²) in [6, 6.07) is 0. The van der Waals surface area contributed by atoms with E-state index in [4.69, 9.17) is 39.3 Å². The lowest BCUT2D eigenvalue weighted by Crippen LogP contribution is -1.78. The van der Waals surface area contributed by atoms with Gasteiger partial charge in [-0.15, -0.1) is 0 Å². The summed E-state index contributed by atoms with van der Waals surface area (Å²) in [5.41, 5.74) is 0. The van der Waals surface area contributed by atoms with Crippen molar-refractivity contribution in [3.63, 3.8) is 0 Å². The van der Waals surface area contributed by atoms with Crippen LogP contribution in [-0.4, -0.2) is 40.4 Å². The molecule has 0 rings (SSSR count). The molecule has 0 heterocycles. The largest absolute Gasteiger partial charge is 0.481 e. The lowest BCUT2D eigenvalue weighted by Gasteiger charge is -1.88. The Morgan fingerprint density at radius 3 is 0.800 bits per heavy atom. The van der Waals surface area contributed by atoms with E-state index in [9.17, 15) is 0 Å². The van der Waals surface area contributed by atoms with Crippen molar-refractivity contribution in [2.24, 2.45) is 0 Å². The molecule has 0 amide bonds. The van der Waals surface area contributed by atoms with Gasteiger partial charge in [0.1, 0.15) is 0 Å². The molecule has 0 aromatic heterocycles. The van der Waals surface area contributed by atoms with Crippen molar-refractivity contribution in [2.45, 2.75) is 47.5 Å². The first kappa shape index (κ1) is 32.5. The zero-order valence-electron chi connectivity index (χ0n) is 12.2. The van der Waals surface area contributed by atoms with Crippen molar-refractivity contribution < 1.29 is 39.3 Å². The topological polar surface area (TPSA) is 159 Å². The van der Waals surface area contributed by atoms with Crippen LogP contribution in [0.2, 0.25) is 0 Å². The second-order valence-electron chi connectivity index (χ2n) is 2.96. The molecule has 0 atom stereocenters. The molecule has 128 valence electrons. The van der Waals surface area contributed by atoms with Gasteiger partial charge in [0.25, 0.3) is 5.97 Å². The molecule has 0 aromatic carbocycles. The quantitative estimate of drug-likeness (QED) is 0.307. The minimum atomic E-state index is -3.81. The maximum atomic E-state index is 9.00. The van der Waals surface area contributed by atoms with E-state index < -0.39 is 19.4 Å². The fourth-order valence-electron chi connectivity index (χ4n) is 0. The number of carbonyl (C=O) groups is 1. The average molecular weight is 376 g/mol. The van der Waals surface area contributed by atoms with Crippen molar-refractivity contribution in [3.05, 3.63) is 0 Å². The van der Waals surface area contributed by atoms with Gasteiger partial charge in [-0.2, -0.15) is 0 Å². The van der Waals surface area contributed by atoms with Crippen LogP contribution in [0.3, 0.4) is 0 Å². The van der Waals surface area contributed by atoms with Crippen LogP contribution >= 0.6 is 13.4 Å². The van der Waals surface area contributed by atoms with Crippen LogP contribution in [0.5, 0.6) is 0 Å². The third-order valence-electron chi connectivity index (χ3n) is 0. The first-order chi connectivity index (χ1) is 8.56. The highest BCUT2D eigenvalue weighted by Gasteiger charge is 1.92. The van der Waals surface area contributed by atoms with Crippen LogP contribution in [0, 0.1) is 0 Å². The summed E-state index contributed by atoms with van der Waals surface area (Å²) in [5, 5.41) is 7.42. The van der Waals surface area contributed by atoms with Crippen LogP contribution in [0.1, 0.15) is 47.5 Å². The molecular weight excluding hydrogens is 350 g/mol. The summed E-state index contributed by atoms with van der Waals surface area (Å²) in [4.78, 5) is 54.3. The minimum absolute atomic E-state index is 0.833. The zero-order valence-corrected chi connectivity index (χ0v) is 15.6. The van der Waals surface area contributed by atoms with E-state index in [1.54, 1.807) is 0 Å². The smallest absolute Gasteiger partial charge is 0.319 e. The molecule has 0 spiro atoms. The number of rotatable bonds is 0. The van der Waals surface area contributed by atoms with Gasteiger partial charge in [-0.25, -0.2) is 0 Å². The van der Waals surface area contributed by atoms with Crippen molar-refractivity contribution >= 4 is 43.0 Å². The molecule has 0 unspecified atom stereocenters. The number of carboxylic acid groups (broad SMARTS) is 1. The van der Waals surface area contributed by atoms with Crippen molar-refractivity contribution in [1.82, 2.24) is 0 Å². The van der Waals surface area contributed by atoms with Gasteiger partial charge in [-0.05, 0) is 23.6 Å². The normalized spacial score (nSPS) is 8.95. The summed E-state index contributed by atoms with van der Waals surface area (Å²) >= 11 is 7.21. The highest BCUT2D eigenvalue weighted by Crippen LogP contribution is 2.26. The summed E-state index contributed by atoms with van der Waals surface area (Å²) in [5.74, 6) is -0.833. The first-order valence-corrected chi connectivity index (χ1v) is 10.6. The molecule has 0 saturated heterocycles. The van der Waals surface area contributed by atoms with Crippen LogP contribution in [0.4, 0.5) is 0 Å². The van der Waals surface area contributed by atoms with Crippen LogP contribution in [0.25, 0.3) is 0 Å². The molecule has 0 aliphatic rings. The Balaban J connectivity index is -0.0000000478. The molecule has 8 nitrogen and oxygen atoms in total. The highest BCUT2D eigenvalue weighted by molar-refractivity contribution is 8.06. The fourth-order valence-corrected chi connectivity index (χ4v) is 0. The third kappa shape index (κ3) is 20300. The first-order valence-electron chi connectivity index (χ1n) is 5.32. The molecule has 0 aliphatic heterocycles. The Bertz CT molecular complexity index is 233. The summed E-state index contributed by atoms with van der Waals surface area (Å²) in [7, 11) is 0. The monoisotopic (exact) mass is 376 g/mol. The fraction of sp³-hybridized carbons (Fsp3) is 0.875. The number of hydrogen-bond donors (Lipinski definition) is 7. The maximum absolute atomic E-state index is 9.00. The van der Waals surface area contributed by atoms with Gasteiger partial charge < -0.3 is 34.5 Å². The van der Waals surface area contributed by atoms with E-state index in [1.807, 2.05) is 0 Å². The maximum Gasteiger partial charge on any atom is 0.319 e. The third-order valence-corrected chi connectivity index (χ3v) is 0. The van der Waals surface area contributed by atoms with E-state index in [1.165, 1.54) is 12.8 Å². The van der Waals surface area contributed by atoms with Crippen molar-refractivity contribution in [3.8, 4) is 0 Å². The van der Waals surface area contributed by atoms with Gasteiger partial charge in [0.2, 0.25) is 0 Å². The summed E-state index contributed by atoms with van der Waals surface area (Å²) in [6.45, 7) is 1.97. The van der Waals surface area contributed by atoms with E-state index in [-0.39, 0.29) is 0 Å². The Hall–Kier alpha value is 0.530. The lowest BCUT2D eigenvalue weighted by molar-refractivity contribution is -0.134. The van der Waals surface area contributed by atoms with Gasteiger partial charge in [-0.3, -0.25) is 4.79 Å². The van der Waals surface area contributed by atoms with Crippen molar-refractivity contribution in [2.75, 3.05) is 0 Å². The lowest BCUT2D eigenvalue weighted by atomic mass is 10.6. The van der Waals surface area contributed by atoms with Crippen molar-refractivity contribution in [1.29, 1.82) is 0 Å². The molecule has 0 aliphatic carbocycles. The molecule has 0 saturated carbocycles. The van der Waals surface area contributed by atoms with Gasteiger partial charge in [-0.1, -0.05) is 40.5 Å². The molecule has 20 heavy (non-hydrogen) atoms. The Labute approximate surface area is 130 Å². The predicted octanol–water partition coefficient (Wildman–Crippen LogP) is 1.30. The predicted molar refractivity (Wildman–Crippen MR) is 87.1 cm³/mol. The van der Waals surface area contributed by atoms with Crippen LogP contribution in [0.15, 0.2) is 0 Å². The SMILES string of the molecule is CC(=O)O.CCC.CCC.OP(O)(O)=S.OP(O)(O)=S. The van der Waals surface area contributed by atoms with E-state index in [0.717, 1.165) is 6.92 Å².